The van der Waals surface area contributed by atoms with E-state index in [0.717, 1.165) is 0 Å². The number of hydrogen-bond acceptors (Lipinski definition) is 7. The van der Waals surface area contributed by atoms with Crippen molar-refractivity contribution in [2.24, 2.45) is 0 Å². The zero-order valence-electron chi connectivity index (χ0n) is 20.7. The first-order valence-electron chi connectivity index (χ1n) is 12.2. The predicted molar refractivity (Wildman–Crippen MR) is 132 cm³/mol. The Morgan fingerprint density at radius 2 is 1.72 bits per heavy atom. The Bertz CT molecular complexity index is 1140. The van der Waals surface area contributed by atoms with Crippen LogP contribution in [-0.2, 0) is 14.3 Å². The number of hydrogen-bond donors (Lipinski definition) is 1. The molecule has 9 nitrogen and oxygen atoms in total. The number of amides is 2. The molecule has 2 saturated heterocycles. The Morgan fingerprint density at radius 3 is 2.31 bits per heavy atom. The smallest absolute Gasteiger partial charge is 0.409 e. The fraction of sp³-hybridized carbons (Fsp3) is 0.407. The van der Waals surface area contributed by atoms with E-state index in [0.29, 0.717) is 49.4 Å². The van der Waals surface area contributed by atoms with Gasteiger partial charge in [-0.05, 0) is 75.6 Å². The van der Waals surface area contributed by atoms with Crippen molar-refractivity contribution in [3.05, 3.63) is 65.5 Å². The average Bonchev–Trinajstić information content (AvgIpc) is 3.15. The van der Waals surface area contributed by atoms with Crippen molar-refractivity contribution in [1.82, 2.24) is 14.8 Å². The molecule has 3 heterocycles. The van der Waals surface area contributed by atoms with Gasteiger partial charge < -0.3 is 24.4 Å². The van der Waals surface area contributed by atoms with Crippen LogP contribution in [0.5, 0.6) is 5.75 Å². The molecule has 9 heteroatoms. The molecule has 1 atom stereocenters. The van der Waals surface area contributed by atoms with Gasteiger partial charge in [0.25, 0.3) is 11.7 Å². The summed E-state index contributed by atoms with van der Waals surface area (Å²) in [5, 5.41) is 11.3. The minimum absolute atomic E-state index is 0.00305. The molecule has 0 bridgehead atoms. The number of carbonyl (C=O) groups excluding carboxylic acids is 3. The summed E-state index contributed by atoms with van der Waals surface area (Å²) in [6, 6.07) is 9.21. The Labute approximate surface area is 210 Å². The van der Waals surface area contributed by atoms with Gasteiger partial charge in [-0.25, -0.2) is 4.79 Å². The number of ketones is 1. The van der Waals surface area contributed by atoms with Gasteiger partial charge in [-0.3, -0.25) is 14.6 Å². The summed E-state index contributed by atoms with van der Waals surface area (Å²) < 4.78 is 10.8. The van der Waals surface area contributed by atoms with Crippen LogP contribution in [0.15, 0.2) is 54.4 Å². The molecule has 1 N–H and O–H groups in total. The fourth-order valence-corrected chi connectivity index (χ4v) is 4.76. The lowest BCUT2D eigenvalue weighted by Gasteiger charge is -2.38. The number of likely N-dealkylation sites (tertiary alicyclic amines) is 2. The van der Waals surface area contributed by atoms with E-state index in [4.69, 9.17) is 9.47 Å². The number of nitrogens with zero attached hydrogens (tertiary/aromatic N) is 3. The van der Waals surface area contributed by atoms with E-state index in [1.807, 2.05) is 13.8 Å². The van der Waals surface area contributed by atoms with Gasteiger partial charge >= 0.3 is 6.09 Å². The molecule has 0 spiro atoms. The first kappa shape index (κ1) is 25.2. The van der Waals surface area contributed by atoms with E-state index < -0.39 is 17.7 Å². The highest BCUT2D eigenvalue weighted by atomic mass is 16.6. The van der Waals surface area contributed by atoms with Crippen molar-refractivity contribution in [2.75, 3.05) is 19.7 Å². The first-order valence-corrected chi connectivity index (χ1v) is 12.2. The summed E-state index contributed by atoms with van der Waals surface area (Å²) in [6.45, 7) is 6.70. The SMILES string of the molecule is CCOC(=O)N1CCC(N2C(=O)C(=O)/C(=C(/O)c3ccc(OC(C)C)cc3)C2c2ccncc2)CC1. The average molecular weight is 494 g/mol. The highest BCUT2D eigenvalue weighted by molar-refractivity contribution is 6.46. The van der Waals surface area contributed by atoms with Crippen LogP contribution in [0, 0.1) is 0 Å². The Kier molecular flexibility index (Phi) is 7.57. The van der Waals surface area contributed by atoms with E-state index in [9.17, 15) is 19.5 Å². The molecule has 2 amide bonds. The summed E-state index contributed by atoms with van der Waals surface area (Å²) in [5.74, 6) is -0.990. The van der Waals surface area contributed by atoms with Crippen molar-refractivity contribution < 1.29 is 29.0 Å². The Morgan fingerprint density at radius 1 is 1.08 bits per heavy atom. The normalized spacial score (nSPS) is 20.2. The first-order chi connectivity index (χ1) is 17.3. The number of piperidine rings is 1. The molecule has 4 rings (SSSR count). The molecule has 1 aromatic heterocycles. The topological polar surface area (TPSA) is 109 Å². The van der Waals surface area contributed by atoms with Crippen LogP contribution in [0.2, 0.25) is 0 Å². The lowest BCUT2D eigenvalue weighted by atomic mass is 9.94. The number of aromatic nitrogens is 1. The molecule has 1 unspecified atom stereocenters. The summed E-state index contributed by atoms with van der Waals surface area (Å²) in [5.41, 5.74) is 1.13. The van der Waals surface area contributed by atoms with Gasteiger partial charge in [0.2, 0.25) is 0 Å². The molecule has 0 aliphatic carbocycles. The van der Waals surface area contributed by atoms with E-state index in [1.165, 1.54) is 0 Å². The van der Waals surface area contributed by atoms with Crippen molar-refractivity contribution >= 4 is 23.5 Å². The summed E-state index contributed by atoms with van der Waals surface area (Å²) in [4.78, 5) is 46.0. The van der Waals surface area contributed by atoms with Gasteiger partial charge in [-0.2, -0.15) is 0 Å². The number of pyridine rings is 1. The summed E-state index contributed by atoms with van der Waals surface area (Å²) >= 11 is 0. The van der Waals surface area contributed by atoms with Crippen LogP contribution < -0.4 is 4.74 Å². The maximum absolute atomic E-state index is 13.3. The monoisotopic (exact) mass is 493 g/mol. The molecule has 1 aromatic carbocycles. The zero-order valence-corrected chi connectivity index (χ0v) is 20.7. The van der Waals surface area contributed by atoms with Crippen molar-refractivity contribution in [2.45, 2.75) is 51.8 Å². The Hall–Kier alpha value is -3.88. The second kappa shape index (κ2) is 10.8. The lowest BCUT2D eigenvalue weighted by Crippen LogP contribution is -2.48. The van der Waals surface area contributed by atoms with E-state index >= 15 is 0 Å². The van der Waals surface area contributed by atoms with Crippen molar-refractivity contribution in [3.63, 3.8) is 0 Å². The molecule has 2 aliphatic heterocycles. The van der Waals surface area contributed by atoms with Crippen molar-refractivity contribution in [1.29, 1.82) is 0 Å². The fourth-order valence-electron chi connectivity index (χ4n) is 4.76. The molecule has 2 aliphatic rings. The zero-order chi connectivity index (χ0) is 25.8. The third-order valence-corrected chi connectivity index (χ3v) is 6.39. The second-order valence-electron chi connectivity index (χ2n) is 9.10. The number of benzene rings is 1. The van der Waals surface area contributed by atoms with E-state index in [2.05, 4.69) is 4.98 Å². The second-order valence-corrected chi connectivity index (χ2v) is 9.10. The lowest BCUT2D eigenvalue weighted by molar-refractivity contribution is -0.142. The third kappa shape index (κ3) is 5.05. The molecular weight excluding hydrogens is 462 g/mol. The number of aliphatic hydroxyl groups excluding tert-OH is 1. The summed E-state index contributed by atoms with van der Waals surface area (Å²) in [6.07, 6.45) is 3.79. The Balaban J connectivity index is 1.68. The van der Waals surface area contributed by atoms with Gasteiger partial charge in [0, 0.05) is 37.1 Å². The number of rotatable bonds is 6. The summed E-state index contributed by atoms with van der Waals surface area (Å²) in [7, 11) is 0. The molecule has 36 heavy (non-hydrogen) atoms. The minimum atomic E-state index is -0.765. The van der Waals surface area contributed by atoms with E-state index in [1.54, 1.807) is 65.5 Å². The van der Waals surface area contributed by atoms with Gasteiger partial charge in [0.1, 0.15) is 11.5 Å². The molecule has 0 radical (unpaired) electrons. The molecular formula is C27H31N3O6. The van der Waals surface area contributed by atoms with Gasteiger partial charge in [-0.15, -0.1) is 0 Å². The highest BCUT2D eigenvalue weighted by Gasteiger charge is 2.49. The predicted octanol–water partition coefficient (Wildman–Crippen LogP) is 3.91. The molecule has 190 valence electrons. The van der Waals surface area contributed by atoms with Gasteiger partial charge in [-0.1, -0.05) is 0 Å². The van der Waals surface area contributed by atoms with Crippen LogP contribution in [-0.4, -0.2) is 69.5 Å². The van der Waals surface area contributed by atoms with Gasteiger partial charge in [0.15, 0.2) is 0 Å². The van der Waals surface area contributed by atoms with Crippen LogP contribution in [0.25, 0.3) is 5.76 Å². The highest BCUT2D eigenvalue weighted by Crippen LogP contribution is 2.42. The van der Waals surface area contributed by atoms with Crippen molar-refractivity contribution in [3.8, 4) is 5.75 Å². The number of Topliss-reactive ketones (excluding diaryl/α,β-unsaturated/α-hetero) is 1. The van der Waals surface area contributed by atoms with Crippen LogP contribution in [0.4, 0.5) is 4.79 Å². The van der Waals surface area contributed by atoms with Crippen LogP contribution >= 0.6 is 0 Å². The van der Waals surface area contributed by atoms with Crippen LogP contribution in [0.3, 0.4) is 0 Å². The largest absolute Gasteiger partial charge is 0.507 e. The maximum atomic E-state index is 13.3. The number of carbonyl (C=O) groups is 3. The molecule has 2 fully saturated rings. The number of aliphatic hydroxyl groups is 1. The van der Waals surface area contributed by atoms with Gasteiger partial charge in [0.05, 0.1) is 24.3 Å². The standard InChI is InChI=1S/C27H31N3O6/c1-4-35-27(34)29-15-11-20(12-16-29)30-23(18-9-13-28-14-10-18)22(25(32)26(30)33)24(31)19-5-7-21(8-6-19)36-17(2)3/h5-10,13-14,17,20,23,31H,4,11-12,15-16H2,1-3H3/b24-22+. The molecule has 0 saturated carbocycles. The third-order valence-electron chi connectivity index (χ3n) is 6.39. The quantitative estimate of drug-likeness (QED) is 0.369. The maximum Gasteiger partial charge on any atom is 0.409 e. The van der Waals surface area contributed by atoms with Crippen LogP contribution in [0.1, 0.15) is 50.8 Å². The molecule has 2 aromatic rings. The van der Waals surface area contributed by atoms with E-state index in [-0.39, 0.29) is 29.6 Å². The number of ether oxygens (including phenoxy) is 2. The minimum Gasteiger partial charge on any atom is -0.507 e.